The molecule has 16 heavy (non-hydrogen) atoms. The highest BCUT2D eigenvalue weighted by Crippen LogP contribution is 2.28. The van der Waals surface area contributed by atoms with Crippen LogP contribution in [0.5, 0.6) is 0 Å². The number of aromatic nitrogens is 2. The van der Waals surface area contributed by atoms with Crippen LogP contribution >= 0.6 is 15.9 Å². The molecule has 2 aromatic rings. The lowest BCUT2D eigenvalue weighted by Crippen LogP contribution is -2.31. The highest BCUT2D eigenvalue weighted by atomic mass is 79.9. The first kappa shape index (κ1) is 11.6. The summed E-state index contributed by atoms with van der Waals surface area (Å²) in [6.07, 6.45) is 0. The van der Waals surface area contributed by atoms with E-state index >= 15 is 0 Å². The first-order valence-corrected chi connectivity index (χ1v) is 6.08. The van der Waals surface area contributed by atoms with Gasteiger partial charge in [-0.05, 0) is 28.1 Å². The zero-order valence-electron chi connectivity index (χ0n) is 9.79. The van der Waals surface area contributed by atoms with E-state index in [1.165, 1.54) is 0 Å². The number of para-hydroxylation sites is 1. The molecule has 0 bridgehead atoms. The van der Waals surface area contributed by atoms with Gasteiger partial charge < -0.3 is 10.3 Å². The van der Waals surface area contributed by atoms with E-state index in [0.717, 1.165) is 21.3 Å². The maximum atomic E-state index is 5.80. The van der Waals surface area contributed by atoms with E-state index < -0.39 is 0 Å². The van der Waals surface area contributed by atoms with Crippen molar-refractivity contribution >= 4 is 27.0 Å². The molecule has 1 heterocycles. The van der Waals surface area contributed by atoms with Gasteiger partial charge in [-0.3, -0.25) is 0 Å². The molecule has 2 rings (SSSR count). The van der Waals surface area contributed by atoms with Crippen LogP contribution in [0, 0.1) is 0 Å². The number of imidazole rings is 1. The van der Waals surface area contributed by atoms with Crippen LogP contribution in [0.25, 0.3) is 11.0 Å². The number of hydrogen-bond acceptors (Lipinski definition) is 2. The van der Waals surface area contributed by atoms with Crippen molar-refractivity contribution in [3.63, 3.8) is 0 Å². The van der Waals surface area contributed by atoms with Gasteiger partial charge in [0.2, 0.25) is 0 Å². The van der Waals surface area contributed by atoms with Crippen molar-refractivity contribution in [1.29, 1.82) is 0 Å². The zero-order chi connectivity index (χ0) is 11.9. The topological polar surface area (TPSA) is 43.8 Å². The molecule has 86 valence electrons. The van der Waals surface area contributed by atoms with Crippen LogP contribution < -0.4 is 5.73 Å². The second-order valence-corrected chi connectivity index (χ2v) is 5.54. The van der Waals surface area contributed by atoms with Crippen molar-refractivity contribution in [2.75, 3.05) is 6.54 Å². The minimum absolute atomic E-state index is 0.104. The Labute approximate surface area is 104 Å². The molecule has 0 atom stereocenters. The smallest absolute Gasteiger partial charge is 0.116 e. The highest BCUT2D eigenvalue weighted by Gasteiger charge is 2.25. The minimum atomic E-state index is -0.104. The van der Waals surface area contributed by atoms with Gasteiger partial charge >= 0.3 is 0 Å². The van der Waals surface area contributed by atoms with E-state index in [2.05, 4.69) is 40.4 Å². The van der Waals surface area contributed by atoms with Crippen molar-refractivity contribution in [2.24, 2.45) is 12.8 Å². The van der Waals surface area contributed by atoms with Crippen LogP contribution in [-0.2, 0) is 12.5 Å². The summed E-state index contributed by atoms with van der Waals surface area (Å²) < 4.78 is 3.15. The Morgan fingerprint density at radius 2 is 2.12 bits per heavy atom. The van der Waals surface area contributed by atoms with Crippen molar-refractivity contribution in [2.45, 2.75) is 19.3 Å². The number of rotatable bonds is 2. The normalized spacial score (nSPS) is 12.3. The Balaban J connectivity index is 2.74. The Kier molecular flexibility index (Phi) is 2.80. The van der Waals surface area contributed by atoms with Crippen LogP contribution in [0.1, 0.15) is 19.7 Å². The SMILES string of the molecule is Cn1c(C(C)(C)CN)nc2c(Br)cccc21. The molecule has 0 aliphatic carbocycles. The predicted molar refractivity (Wildman–Crippen MR) is 70.5 cm³/mol. The summed E-state index contributed by atoms with van der Waals surface area (Å²) in [5, 5.41) is 0. The van der Waals surface area contributed by atoms with Crippen LogP contribution in [0.15, 0.2) is 22.7 Å². The summed E-state index contributed by atoms with van der Waals surface area (Å²) in [5.74, 6) is 1.02. The molecule has 0 radical (unpaired) electrons. The maximum absolute atomic E-state index is 5.80. The van der Waals surface area contributed by atoms with Gasteiger partial charge in [0.15, 0.2) is 0 Å². The lowest BCUT2D eigenvalue weighted by molar-refractivity contribution is 0.487. The molecule has 1 aromatic heterocycles. The van der Waals surface area contributed by atoms with Crippen molar-refractivity contribution in [3.05, 3.63) is 28.5 Å². The second kappa shape index (κ2) is 3.86. The average Bonchev–Trinajstić information content (AvgIpc) is 2.59. The van der Waals surface area contributed by atoms with Gasteiger partial charge in [-0.25, -0.2) is 4.98 Å². The van der Waals surface area contributed by atoms with E-state index in [1.54, 1.807) is 0 Å². The van der Waals surface area contributed by atoms with Gasteiger partial charge in [-0.15, -0.1) is 0 Å². The van der Waals surface area contributed by atoms with Crippen molar-refractivity contribution in [1.82, 2.24) is 9.55 Å². The van der Waals surface area contributed by atoms with Crippen molar-refractivity contribution < 1.29 is 0 Å². The molecule has 0 aliphatic heterocycles. The zero-order valence-corrected chi connectivity index (χ0v) is 11.4. The maximum Gasteiger partial charge on any atom is 0.116 e. The van der Waals surface area contributed by atoms with Gasteiger partial charge in [-0.2, -0.15) is 0 Å². The average molecular weight is 282 g/mol. The molecule has 0 unspecified atom stereocenters. The Morgan fingerprint density at radius 1 is 1.44 bits per heavy atom. The number of nitrogens with zero attached hydrogens (tertiary/aromatic N) is 2. The molecule has 0 saturated carbocycles. The molecular weight excluding hydrogens is 266 g/mol. The summed E-state index contributed by atoms with van der Waals surface area (Å²) in [5.41, 5.74) is 7.83. The second-order valence-electron chi connectivity index (χ2n) is 4.69. The number of halogens is 1. The summed E-state index contributed by atoms with van der Waals surface area (Å²) in [6.45, 7) is 4.81. The molecule has 3 nitrogen and oxygen atoms in total. The fourth-order valence-electron chi connectivity index (χ4n) is 1.88. The third-order valence-corrected chi connectivity index (χ3v) is 3.62. The summed E-state index contributed by atoms with van der Waals surface area (Å²) in [7, 11) is 2.04. The third kappa shape index (κ3) is 1.66. The summed E-state index contributed by atoms with van der Waals surface area (Å²) in [4.78, 5) is 4.69. The molecule has 2 N–H and O–H groups in total. The monoisotopic (exact) mass is 281 g/mol. The number of benzene rings is 1. The first-order chi connectivity index (χ1) is 7.47. The minimum Gasteiger partial charge on any atom is -0.331 e. The van der Waals surface area contributed by atoms with Gasteiger partial charge in [0.25, 0.3) is 0 Å². The standard InChI is InChI=1S/C12H16BrN3/c1-12(2,7-14)11-15-10-8(13)5-4-6-9(10)16(11)3/h4-6H,7,14H2,1-3H3. The molecule has 0 amide bonds. The Morgan fingerprint density at radius 3 is 2.69 bits per heavy atom. The van der Waals surface area contributed by atoms with E-state index in [-0.39, 0.29) is 5.41 Å². The fraction of sp³-hybridized carbons (Fsp3) is 0.417. The van der Waals surface area contributed by atoms with E-state index in [1.807, 2.05) is 19.2 Å². The third-order valence-electron chi connectivity index (χ3n) is 2.98. The molecule has 1 aromatic carbocycles. The van der Waals surface area contributed by atoms with Crippen LogP contribution in [0.3, 0.4) is 0 Å². The van der Waals surface area contributed by atoms with Crippen molar-refractivity contribution in [3.8, 4) is 0 Å². The Hall–Kier alpha value is -0.870. The van der Waals surface area contributed by atoms with Crippen LogP contribution in [0.4, 0.5) is 0 Å². The number of nitrogens with two attached hydrogens (primary N) is 1. The van der Waals surface area contributed by atoms with E-state index in [0.29, 0.717) is 6.54 Å². The summed E-state index contributed by atoms with van der Waals surface area (Å²) >= 11 is 3.53. The summed E-state index contributed by atoms with van der Waals surface area (Å²) in [6, 6.07) is 6.10. The molecule has 0 fully saturated rings. The van der Waals surface area contributed by atoms with E-state index in [4.69, 9.17) is 10.7 Å². The molecule has 0 saturated heterocycles. The Bertz CT molecular complexity index is 528. The van der Waals surface area contributed by atoms with Gasteiger partial charge in [0.1, 0.15) is 11.3 Å². The lowest BCUT2D eigenvalue weighted by atomic mass is 9.93. The van der Waals surface area contributed by atoms with Gasteiger partial charge in [0.05, 0.1) is 5.52 Å². The largest absolute Gasteiger partial charge is 0.331 e. The van der Waals surface area contributed by atoms with Gasteiger partial charge in [-0.1, -0.05) is 19.9 Å². The predicted octanol–water partition coefficient (Wildman–Crippen LogP) is 2.57. The molecular formula is C12H16BrN3. The molecule has 0 spiro atoms. The number of fused-ring (bicyclic) bond motifs is 1. The van der Waals surface area contributed by atoms with Crippen LogP contribution in [-0.4, -0.2) is 16.1 Å². The first-order valence-electron chi connectivity index (χ1n) is 5.29. The molecule has 4 heteroatoms. The fourth-order valence-corrected chi connectivity index (χ4v) is 2.32. The quantitative estimate of drug-likeness (QED) is 0.920. The van der Waals surface area contributed by atoms with E-state index in [9.17, 15) is 0 Å². The highest BCUT2D eigenvalue weighted by molar-refractivity contribution is 9.10. The molecule has 0 aliphatic rings. The number of aryl methyl sites for hydroxylation is 1. The van der Waals surface area contributed by atoms with Crippen LogP contribution in [0.2, 0.25) is 0 Å². The van der Waals surface area contributed by atoms with Gasteiger partial charge in [0, 0.05) is 23.5 Å². The lowest BCUT2D eigenvalue weighted by Gasteiger charge is -2.21. The number of hydrogen-bond donors (Lipinski definition) is 1.